The SMILES string of the molecule is C=Cc1c(C)ccc2c1CCN(C(=C)[N+]1(C)C=CN=C1)C2. The van der Waals surface area contributed by atoms with Gasteiger partial charge in [-0.25, -0.2) is 9.48 Å². The molecule has 0 spiro atoms. The Morgan fingerprint density at radius 2 is 2.24 bits per heavy atom. The van der Waals surface area contributed by atoms with Gasteiger partial charge < -0.3 is 4.90 Å². The number of nitrogens with zero attached hydrogens (tertiary/aromatic N) is 3. The first-order valence-electron chi connectivity index (χ1n) is 7.31. The average molecular weight is 280 g/mol. The van der Waals surface area contributed by atoms with Gasteiger partial charge in [-0.15, -0.1) is 0 Å². The fourth-order valence-corrected chi connectivity index (χ4v) is 3.16. The van der Waals surface area contributed by atoms with Gasteiger partial charge in [-0.05, 0) is 42.2 Å². The monoisotopic (exact) mass is 280 g/mol. The van der Waals surface area contributed by atoms with Gasteiger partial charge in [0.05, 0.1) is 13.2 Å². The van der Waals surface area contributed by atoms with Crippen LogP contribution in [0.15, 0.2) is 48.5 Å². The van der Waals surface area contributed by atoms with Crippen molar-refractivity contribution in [2.45, 2.75) is 19.9 Å². The number of aliphatic imine (C=N–C) groups is 1. The summed E-state index contributed by atoms with van der Waals surface area (Å²) in [5, 5.41) is 0. The lowest BCUT2D eigenvalue weighted by molar-refractivity contribution is -0.724. The highest BCUT2D eigenvalue weighted by Crippen LogP contribution is 2.30. The standard InChI is InChI=1S/C18H22N3/c1-5-17-14(2)6-7-16-12-20(10-8-18(16)17)15(3)21(4)11-9-19-13-21/h5-7,9,11,13H,1,3,8,10,12H2,2,4H3/q+1. The second-order valence-electron chi connectivity index (χ2n) is 5.94. The van der Waals surface area contributed by atoms with Crippen molar-refractivity contribution in [2.75, 3.05) is 13.6 Å². The molecule has 3 rings (SSSR count). The number of quaternary nitrogens is 1. The van der Waals surface area contributed by atoms with Crippen molar-refractivity contribution in [2.24, 2.45) is 4.99 Å². The summed E-state index contributed by atoms with van der Waals surface area (Å²) in [5.41, 5.74) is 5.45. The predicted octanol–water partition coefficient (Wildman–Crippen LogP) is 3.43. The molecule has 0 amide bonds. The molecule has 0 saturated carbocycles. The third-order valence-electron chi connectivity index (χ3n) is 4.56. The zero-order valence-corrected chi connectivity index (χ0v) is 12.8. The first kappa shape index (κ1) is 13.8. The van der Waals surface area contributed by atoms with Gasteiger partial charge in [0.15, 0.2) is 0 Å². The molecule has 21 heavy (non-hydrogen) atoms. The van der Waals surface area contributed by atoms with Crippen LogP contribution in [0, 0.1) is 6.92 Å². The van der Waals surface area contributed by atoms with Crippen LogP contribution in [0.25, 0.3) is 6.08 Å². The fourth-order valence-electron chi connectivity index (χ4n) is 3.16. The Balaban J connectivity index is 1.89. The van der Waals surface area contributed by atoms with Crippen LogP contribution in [0.3, 0.4) is 0 Å². The molecule has 2 aliphatic heterocycles. The van der Waals surface area contributed by atoms with E-state index in [0.29, 0.717) is 4.48 Å². The molecule has 0 N–H and O–H groups in total. The van der Waals surface area contributed by atoms with Gasteiger partial charge >= 0.3 is 0 Å². The van der Waals surface area contributed by atoms with Crippen molar-refractivity contribution < 1.29 is 4.48 Å². The lowest BCUT2D eigenvalue weighted by atomic mass is 9.91. The Kier molecular flexibility index (Phi) is 3.30. The van der Waals surface area contributed by atoms with Crippen LogP contribution in [-0.4, -0.2) is 29.3 Å². The van der Waals surface area contributed by atoms with Crippen LogP contribution in [0.4, 0.5) is 0 Å². The van der Waals surface area contributed by atoms with E-state index in [2.05, 4.69) is 55.4 Å². The van der Waals surface area contributed by atoms with E-state index >= 15 is 0 Å². The van der Waals surface area contributed by atoms with Crippen LogP contribution in [0.5, 0.6) is 0 Å². The molecule has 1 aromatic rings. The number of hydrogen-bond donors (Lipinski definition) is 0. The smallest absolute Gasteiger partial charge is 0.207 e. The van der Waals surface area contributed by atoms with Crippen LogP contribution in [-0.2, 0) is 13.0 Å². The van der Waals surface area contributed by atoms with Crippen molar-refractivity contribution >= 4 is 12.4 Å². The molecule has 3 heteroatoms. The number of fused-ring (bicyclic) bond motifs is 1. The molecule has 1 atom stereocenters. The van der Waals surface area contributed by atoms with Gasteiger partial charge in [-0.1, -0.05) is 24.8 Å². The molecule has 0 radical (unpaired) electrons. The maximum Gasteiger partial charge on any atom is 0.207 e. The van der Waals surface area contributed by atoms with Crippen LogP contribution in [0.2, 0.25) is 0 Å². The minimum atomic E-state index is 0.565. The molecular formula is C18H22N3+. The highest BCUT2D eigenvalue weighted by molar-refractivity contribution is 5.59. The molecule has 0 fully saturated rings. The third-order valence-corrected chi connectivity index (χ3v) is 4.56. The first-order chi connectivity index (χ1) is 10.0. The Labute approximate surface area is 126 Å². The highest BCUT2D eigenvalue weighted by Gasteiger charge is 2.31. The van der Waals surface area contributed by atoms with Crippen molar-refractivity contribution in [3.05, 3.63) is 65.8 Å². The number of benzene rings is 1. The summed E-state index contributed by atoms with van der Waals surface area (Å²) in [6, 6.07) is 4.43. The molecule has 3 nitrogen and oxygen atoms in total. The highest BCUT2D eigenvalue weighted by atomic mass is 15.5. The van der Waals surface area contributed by atoms with E-state index in [1.165, 1.54) is 22.3 Å². The molecule has 0 saturated heterocycles. The van der Waals surface area contributed by atoms with Crippen molar-refractivity contribution in [1.82, 2.24) is 4.90 Å². The Morgan fingerprint density at radius 1 is 1.43 bits per heavy atom. The number of hydrogen-bond acceptors (Lipinski definition) is 2. The second-order valence-corrected chi connectivity index (χ2v) is 5.94. The van der Waals surface area contributed by atoms with Gasteiger partial charge in [0.1, 0.15) is 6.20 Å². The van der Waals surface area contributed by atoms with Crippen LogP contribution in [0.1, 0.15) is 22.3 Å². The van der Waals surface area contributed by atoms with Gasteiger partial charge in [0, 0.05) is 13.1 Å². The molecule has 108 valence electrons. The predicted molar refractivity (Wildman–Crippen MR) is 88.3 cm³/mol. The summed E-state index contributed by atoms with van der Waals surface area (Å²) in [6.45, 7) is 12.3. The second kappa shape index (κ2) is 5.01. The quantitative estimate of drug-likeness (QED) is 0.775. The van der Waals surface area contributed by atoms with E-state index in [4.69, 9.17) is 0 Å². The normalized spacial score (nSPS) is 23.2. The van der Waals surface area contributed by atoms with E-state index in [1.807, 2.05) is 18.6 Å². The summed E-state index contributed by atoms with van der Waals surface area (Å²) in [6.07, 6.45) is 8.84. The Bertz CT molecular complexity index is 655. The van der Waals surface area contributed by atoms with E-state index in [0.717, 1.165) is 25.3 Å². The van der Waals surface area contributed by atoms with E-state index in [1.54, 1.807) is 0 Å². The van der Waals surface area contributed by atoms with E-state index in [-0.39, 0.29) is 0 Å². The summed E-state index contributed by atoms with van der Waals surface area (Å²) in [4.78, 5) is 6.56. The minimum absolute atomic E-state index is 0.565. The molecule has 1 aromatic carbocycles. The zero-order valence-electron chi connectivity index (χ0n) is 12.8. The summed E-state index contributed by atoms with van der Waals surface area (Å²) in [7, 11) is 2.11. The van der Waals surface area contributed by atoms with E-state index < -0.39 is 0 Å². The van der Waals surface area contributed by atoms with Crippen LogP contribution < -0.4 is 0 Å². The molecular weight excluding hydrogens is 258 g/mol. The van der Waals surface area contributed by atoms with Gasteiger partial charge in [0.25, 0.3) is 0 Å². The van der Waals surface area contributed by atoms with Gasteiger partial charge in [-0.2, -0.15) is 0 Å². The summed E-state index contributed by atoms with van der Waals surface area (Å²) in [5.74, 6) is 1.07. The topological polar surface area (TPSA) is 15.6 Å². The van der Waals surface area contributed by atoms with Crippen molar-refractivity contribution in [1.29, 1.82) is 0 Å². The third kappa shape index (κ3) is 2.24. The van der Waals surface area contributed by atoms with Crippen LogP contribution >= 0.6 is 0 Å². The summed E-state index contributed by atoms with van der Waals surface area (Å²) >= 11 is 0. The molecule has 2 heterocycles. The summed E-state index contributed by atoms with van der Waals surface area (Å²) < 4.78 is 0.565. The zero-order chi connectivity index (χ0) is 15.0. The molecule has 0 bridgehead atoms. The molecule has 1 unspecified atom stereocenters. The Morgan fingerprint density at radius 3 is 2.90 bits per heavy atom. The lowest BCUT2D eigenvalue weighted by Crippen LogP contribution is -2.44. The maximum absolute atomic E-state index is 4.30. The first-order valence-corrected chi connectivity index (χ1v) is 7.31. The van der Waals surface area contributed by atoms with Gasteiger partial charge in [-0.3, -0.25) is 0 Å². The molecule has 2 aliphatic rings. The van der Waals surface area contributed by atoms with Gasteiger partial charge in [0.2, 0.25) is 12.2 Å². The lowest BCUT2D eigenvalue weighted by Gasteiger charge is -2.36. The Hall–Kier alpha value is -2.13. The molecule has 0 aliphatic carbocycles. The number of rotatable bonds is 3. The fraction of sp³-hybridized carbons (Fsp3) is 0.278. The number of aryl methyl sites for hydroxylation is 1. The molecule has 0 aromatic heterocycles. The minimum Gasteiger partial charge on any atom is -0.323 e. The maximum atomic E-state index is 4.30. The van der Waals surface area contributed by atoms with Crippen molar-refractivity contribution in [3.8, 4) is 0 Å². The average Bonchev–Trinajstić information content (AvgIpc) is 2.94. The van der Waals surface area contributed by atoms with Crippen molar-refractivity contribution in [3.63, 3.8) is 0 Å². The largest absolute Gasteiger partial charge is 0.323 e. The van der Waals surface area contributed by atoms with E-state index in [9.17, 15) is 0 Å².